The van der Waals surface area contributed by atoms with E-state index in [9.17, 15) is 9.59 Å². The maximum atomic E-state index is 11.7. The van der Waals surface area contributed by atoms with Crippen molar-refractivity contribution in [3.63, 3.8) is 0 Å². The number of rotatable bonds is 4. The predicted molar refractivity (Wildman–Crippen MR) is 82.6 cm³/mol. The van der Waals surface area contributed by atoms with Gasteiger partial charge in [-0.1, -0.05) is 0 Å². The van der Waals surface area contributed by atoms with Crippen molar-refractivity contribution in [3.05, 3.63) is 21.3 Å². The van der Waals surface area contributed by atoms with Crippen molar-refractivity contribution in [2.75, 3.05) is 6.61 Å². The van der Waals surface area contributed by atoms with Crippen molar-refractivity contribution in [1.29, 1.82) is 0 Å². The first-order valence-electron chi connectivity index (χ1n) is 6.09. The van der Waals surface area contributed by atoms with E-state index in [2.05, 4.69) is 0 Å². The van der Waals surface area contributed by atoms with Gasteiger partial charge in [0.2, 0.25) is 0 Å². The smallest absolute Gasteiger partial charge is 0.490 e. The van der Waals surface area contributed by atoms with Crippen LogP contribution in [0.25, 0.3) is 0 Å². The van der Waals surface area contributed by atoms with E-state index >= 15 is 0 Å². The average molecular weight is 392 g/mol. The van der Waals surface area contributed by atoms with Crippen LogP contribution in [0.15, 0.2) is 12.1 Å². The molecule has 6 heteroatoms. The normalized spacial score (nSPS) is 10.8. The Balaban J connectivity index is 3.04. The molecule has 1 aromatic rings. The standard InChI is InChI=1S/C14H17IO5/c1-5-18-11-7-9(8-16)6-10(15)12(11)19-13(17)20-14(2,3)4/h6-8H,5H2,1-4H3. The first-order chi connectivity index (χ1) is 9.26. The summed E-state index contributed by atoms with van der Waals surface area (Å²) in [5.74, 6) is 0.597. The Morgan fingerprint density at radius 1 is 1.35 bits per heavy atom. The number of benzene rings is 1. The van der Waals surface area contributed by atoms with Crippen molar-refractivity contribution in [2.24, 2.45) is 0 Å². The summed E-state index contributed by atoms with van der Waals surface area (Å²) >= 11 is 1.97. The minimum Gasteiger partial charge on any atom is -0.490 e. The number of aldehydes is 1. The van der Waals surface area contributed by atoms with Gasteiger partial charge in [0.05, 0.1) is 10.2 Å². The fourth-order valence-electron chi connectivity index (χ4n) is 1.37. The van der Waals surface area contributed by atoms with Gasteiger partial charge in [0, 0.05) is 5.56 Å². The number of halogens is 1. The lowest BCUT2D eigenvalue weighted by atomic mass is 10.2. The van der Waals surface area contributed by atoms with Gasteiger partial charge in [-0.2, -0.15) is 0 Å². The number of hydrogen-bond donors (Lipinski definition) is 0. The molecule has 1 rings (SSSR count). The van der Waals surface area contributed by atoms with Gasteiger partial charge in [-0.25, -0.2) is 4.79 Å². The van der Waals surface area contributed by atoms with Crippen LogP contribution in [-0.2, 0) is 4.74 Å². The Labute approximate surface area is 131 Å². The van der Waals surface area contributed by atoms with Crippen LogP contribution in [-0.4, -0.2) is 24.6 Å². The van der Waals surface area contributed by atoms with Crippen LogP contribution in [0.5, 0.6) is 11.5 Å². The molecule has 0 heterocycles. The fourth-order valence-corrected chi connectivity index (χ4v) is 2.11. The minimum absolute atomic E-state index is 0.257. The Morgan fingerprint density at radius 3 is 2.50 bits per heavy atom. The average Bonchev–Trinajstić information content (AvgIpc) is 2.31. The molecule has 0 aliphatic heterocycles. The molecule has 1 aromatic carbocycles. The largest absolute Gasteiger partial charge is 0.514 e. The molecule has 0 atom stereocenters. The molecule has 0 saturated carbocycles. The molecule has 0 aliphatic carbocycles. The summed E-state index contributed by atoms with van der Waals surface area (Å²) in [7, 11) is 0. The van der Waals surface area contributed by atoms with E-state index in [4.69, 9.17) is 14.2 Å². The Bertz CT molecular complexity index is 505. The van der Waals surface area contributed by atoms with E-state index in [0.717, 1.165) is 0 Å². The third-order valence-corrected chi connectivity index (χ3v) is 2.84. The van der Waals surface area contributed by atoms with E-state index in [0.29, 0.717) is 27.8 Å². The van der Waals surface area contributed by atoms with Gasteiger partial charge in [-0.15, -0.1) is 0 Å². The van der Waals surface area contributed by atoms with Crippen LogP contribution in [0.1, 0.15) is 38.1 Å². The summed E-state index contributed by atoms with van der Waals surface area (Å²) < 4.78 is 16.3. The van der Waals surface area contributed by atoms with Crippen LogP contribution >= 0.6 is 22.6 Å². The summed E-state index contributed by atoms with van der Waals surface area (Å²) in [6, 6.07) is 3.13. The molecule has 0 N–H and O–H groups in total. The van der Waals surface area contributed by atoms with Gasteiger partial charge in [-0.3, -0.25) is 4.79 Å². The molecular formula is C14H17IO5. The van der Waals surface area contributed by atoms with Gasteiger partial charge in [0.25, 0.3) is 0 Å². The SMILES string of the molecule is CCOc1cc(C=O)cc(I)c1OC(=O)OC(C)(C)C. The zero-order valence-corrected chi connectivity index (χ0v) is 14.0. The summed E-state index contributed by atoms with van der Waals surface area (Å²) in [6.07, 6.45) is -0.0997. The lowest BCUT2D eigenvalue weighted by molar-refractivity contribution is 0.0198. The Hall–Kier alpha value is -1.31. The molecule has 20 heavy (non-hydrogen) atoms. The van der Waals surface area contributed by atoms with E-state index in [-0.39, 0.29) is 5.75 Å². The van der Waals surface area contributed by atoms with Crippen molar-refractivity contribution in [1.82, 2.24) is 0 Å². The zero-order valence-electron chi connectivity index (χ0n) is 11.9. The van der Waals surface area contributed by atoms with E-state index in [1.165, 1.54) is 6.07 Å². The second kappa shape index (κ2) is 6.92. The van der Waals surface area contributed by atoms with Crippen LogP contribution < -0.4 is 9.47 Å². The van der Waals surface area contributed by atoms with Crippen LogP contribution in [0.3, 0.4) is 0 Å². The molecule has 5 nitrogen and oxygen atoms in total. The molecular weight excluding hydrogens is 375 g/mol. The molecule has 0 spiro atoms. The predicted octanol–water partition coefficient (Wildman–Crippen LogP) is 3.82. The molecule has 0 unspecified atom stereocenters. The highest BCUT2D eigenvalue weighted by atomic mass is 127. The first-order valence-corrected chi connectivity index (χ1v) is 7.17. The van der Waals surface area contributed by atoms with Gasteiger partial charge in [0.1, 0.15) is 11.9 Å². The lowest BCUT2D eigenvalue weighted by Crippen LogP contribution is -2.26. The van der Waals surface area contributed by atoms with Gasteiger partial charge in [-0.05, 0) is 62.4 Å². The van der Waals surface area contributed by atoms with Crippen LogP contribution in [0, 0.1) is 3.57 Å². The molecule has 0 bridgehead atoms. The second-order valence-electron chi connectivity index (χ2n) is 4.95. The molecule has 0 radical (unpaired) electrons. The zero-order chi connectivity index (χ0) is 15.3. The van der Waals surface area contributed by atoms with Crippen molar-refractivity contribution >= 4 is 35.0 Å². The number of ether oxygens (including phenoxy) is 3. The maximum absolute atomic E-state index is 11.7. The van der Waals surface area contributed by atoms with Crippen molar-refractivity contribution in [2.45, 2.75) is 33.3 Å². The topological polar surface area (TPSA) is 61.8 Å². The van der Waals surface area contributed by atoms with Gasteiger partial charge < -0.3 is 14.2 Å². The highest BCUT2D eigenvalue weighted by molar-refractivity contribution is 14.1. The third-order valence-electron chi connectivity index (χ3n) is 2.04. The van der Waals surface area contributed by atoms with Crippen molar-refractivity contribution in [3.8, 4) is 11.5 Å². The van der Waals surface area contributed by atoms with Gasteiger partial charge >= 0.3 is 6.16 Å². The van der Waals surface area contributed by atoms with Crippen LogP contribution in [0.4, 0.5) is 4.79 Å². The van der Waals surface area contributed by atoms with Crippen LogP contribution in [0.2, 0.25) is 0 Å². The van der Waals surface area contributed by atoms with Crippen molar-refractivity contribution < 1.29 is 23.8 Å². The maximum Gasteiger partial charge on any atom is 0.514 e. The molecule has 110 valence electrons. The number of carbonyl (C=O) groups excluding carboxylic acids is 2. The van der Waals surface area contributed by atoms with E-state index < -0.39 is 11.8 Å². The van der Waals surface area contributed by atoms with Gasteiger partial charge in [0.15, 0.2) is 11.5 Å². The third kappa shape index (κ3) is 4.99. The lowest BCUT2D eigenvalue weighted by Gasteiger charge is -2.20. The minimum atomic E-state index is -0.810. The summed E-state index contributed by atoms with van der Waals surface area (Å²) in [6.45, 7) is 7.44. The summed E-state index contributed by atoms with van der Waals surface area (Å²) in [4.78, 5) is 22.6. The Morgan fingerprint density at radius 2 is 2.00 bits per heavy atom. The second-order valence-corrected chi connectivity index (χ2v) is 6.11. The molecule has 0 saturated heterocycles. The quantitative estimate of drug-likeness (QED) is 0.338. The number of hydrogen-bond acceptors (Lipinski definition) is 5. The monoisotopic (exact) mass is 392 g/mol. The van der Waals surface area contributed by atoms with E-state index in [1.807, 2.05) is 22.6 Å². The summed E-state index contributed by atoms with van der Waals surface area (Å²) in [5.41, 5.74) is -0.189. The molecule has 0 fully saturated rings. The van der Waals surface area contributed by atoms with E-state index in [1.54, 1.807) is 33.8 Å². The summed E-state index contributed by atoms with van der Waals surface area (Å²) in [5, 5.41) is 0. The highest BCUT2D eigenvalue weighted by Gasteiger charge is 2.21. The molecule has 0 amide bonds. The number of carbonyl (C=O) groups is 2. The Kier molecular flexibility index (Phi) is 5.79. The highest BCUT2D eigenvalue weighted by Crippen LogP contribution is 2.34. The molecule has 0 aromatic heterocycles. The first kappa shape index (κ1) is 16.7. The fraction of sp³-hybridized carbons (Fsp3) is 0.429. The molecule has 0 aliphatic rings.